The number of phosphoric acid groups is 6. The summed E-state index contributed by atoms with van der Waals surface area (Å²) in [5, 5.41) is 31.4. The molecule has 44 heteroatoms. The number of rotatable bonds is 16. The Morgan fingerprint density at radius 2 is 1.03 bits per heavy atom. The quantitative estimate of drug-likeness (QED) is 0.0500. The van der Waals surface area contributed by atoms with Crippen LogP contribution >= 0.6 is 46.9 Å². The Bertz CT molecular complexity index is 2700. The Morgan fingerprint density at radius 3 is 1.42 bits per heavy atom. The zero-order chi connectivity index (χ0) is 50.0. The molecular weight excluding hydrogens is 1040 g/mol. The first-order chi connectivity index (χ1) is 29.8. The molecule has 4 aromatic heterocycles. The van der Waals surface area contributed by atoms with Crippen molar-refractivity contribution in [3.8, 4) is 0 Å². The van der Waals surface area contributed by atoms with Crippen LogP contribution in [0.4, 0.5) is 16.3 Å². The van der Waals surface area contributed by atoms with E-state index in [0.717, 1.165) is 35.6 Å². The lowest BCUT2D eigenvalue weighted by Crippen LogP contribution is -2.44. The zero-order valence-corrected chi connectivity index (χ0v) is 37.8. The second kappa shape index (κ2) is 18.6. The SMILES string of the molecule is C[C@@]1(F)[C@H](O)[C@@H](COP(=O)(O)OP(=O)(O)OP(=O)(O)O)O[C@H]1n1cnc2c(=O)[nH]c(N)nc21.C[C@@]1(O)[C@H](O)[C@@H](COP(=O)(O)OP(=O)(O)OP(=O)(O)O)O[C@H]1n1cnc2c(=O)[nH]c(N)nc21. The molecule has 0 spiro atoms. The monoisotopic (exact) mass is 1080 g/mol. The molecule has 37 nitrogen and oxygen atoms in total. The molecule has 6 heterocycles. The number of aromatic amines is 2. The summed E-state index contributed by atoms with van der Waals surface area (Å²) < 4.78 is 119. The Hall–Kier alpha value is -3.15. The van der Waals surface area contributed by atoms with Crippen LogP contribution in [0.15, 0.2) is 22.2 Å². The number of phosphoric ester groups is 2. The van der Waals surface area contributed by atoms with Crippen molar-refractivity contribution in [2.24, 2.45) is 0 Å². The fourth-order valence-corrected chi connectivity index (χ4v) is 12.0. The van der Waals surface area contributed by atoms with Crippen molar-refractivity contribution in [1.29, 1.82) is 0 Å². The van der Waals surface area contributed by atoms with E-state index in [1.807, 2.05) is 0 Å². The lowest BCUT2D eigenvalue weighted by Gasteiger charge is -2.27. The first-order valence-electron chi connectivity index (χ1n) is 16.9. The van der Waals surface area contributed by atoms with E-state index in [4.69, 9.17) is 50.3 Å². The molecule has 2 saturated heterocycles. The van der Waals surface area contributed by atoms with Crippen molar-refractivity contribution in [3.63, 3.8) is 0 Å². The minimum atomic E-state index is -5.77. The molecule has 66 heavy (non-hydrogen) atoms. The fraction of sp³-hybridized carbons (Fsp3) is 0.545. The van der Waals surface area contributed by atoms with Crippen LogP contribution in [0.3, 0.4) is 0 Å². The molecule has 6 rings (SSSR count). The van der Waals surface area contributed by atoms with Gasteiger partial charge in [0.1, 0.15) is 30.0 Å². The smallest absolute Gasteiger partial charge is 0.387 e. The van der Waals surface area contributed by atoms with Gasteiger partial charge in [0, 0.05) is 0 Å². The summed E-state index contributed by atoms with van der Waals surface area (Å²) in [5.41, 5.74) is 4.09. The Balaban J connectivity index is 0.000000247. The number of hydrogen-bond donors (Lipinski definition) is 15. The molecule has 2 fully saturated rings. The summed E-state index contributed by atoms with van der Waals surface area (Å²) in [7, 11) is -33.7. The highest BCUT2D eigenvalue weighted by atomic mass is 31.3. The van der Waals surface area contributed by atoms with Crippen LogP contribution in [-0.4, -0.2) is 142 Å². The maximum Gasteiger partial charge on any atom is 0.490 e. The normalized spacial score (nSPS) is 29.7. The molecule has 0 amide bonds. The predicted molar refractivity (Wildman–Crippen MR) is 205 cm³/mol. The Labute approximate surface area is 361 Å². The largest absolute Gasteiger partial charge is 0.490 e. The average Bonchev–Trinajstić information content (AvgIpc) is 3.82. The number of alkyl halides is 1. The molecule has 0 bridgehead atoms. The number of aromatic nitrogens is 8. The highest BCUT2D eigenvalue weighted by molar-refractivity contribution is 7.67. The number of H-pyrrole nitrogens is 2. The van der Waals surface area contributed by atoms with Crippen LogP contribution in [0.25, 0.3) is 22.3 Å². The highest BCUT2D eigenvalue weighted by Crippen LogP contribution is 2.67. The van der Waals surface area contributed by atoms with Gasteiger partial charge in [-0.1, -0.05) is 0 Å². The lowest BCUT2D eigenvalue weighted by molar-refractivity contribution is -0.0949. The number of fused-ring (bicyclic) bond motifs is 2. The summed E-state index contributed by atoms with van der Waals surface area (Å²) in [6, 6.07) is 0. The van der Waals surface area contributed by atoms with Crippen molar-refractivity contribution in [3.05, 3.63) is 33.4 Å². The van der Waals surface area contributed by atoms with Gasteiger partial charge < -0.3 is 75.4 Å². The van der Waals surface area contributed by atoms with Crippen LogP contribution < -0.4 is 22.6 Å². The number of nitrogen functional groups attached to an aromatic ring is 2. The molecule has 4 unspecified atom stereocenters. The molecule has 17 N–H and O–H groups in total. The standard InChI is InChI=1S/C11H17FN5O13P3.C11H18N5O14P3/c1-11(12)6(18)4(2-27-32(23,24)30-33(25,26)29-31(20,21)22)28-9(11)17-3-14-5-7(17)15-10(13)16-8(5)19;1-11(19)6(17)4(2-27-32(23,24)30-33(25,26)29-31(20,21)22)28-9(11)16-3-13-5-7(16)14-10(12)15-8(5)18/h3-4,6,9,18H,2H2,1H3,(H,23,24)(H,25,26)(H2,20,21,22)(H3,13,15,16,19);3-4,6,9,17,19H,2H2,1H3,(H,23,24)(H,25,26)(H2,20,21,22)(H3,12,14,15,18)/t2*4-,6-,9-,11-/m11/s1. The van der Waals surface area contributed by atoms with E-state index in [1.54, 1.807) is 0 Å². The topological polar surface area (TPSA) is 578 Å². The molecule has 0 radical (unpaired) electrons. The number of nitrogens with zero attached hydrogens (tertiary/aromatic N) is 6. The summed E-state index contributed by atoms with van der Waals surface area (Å²) in [6.45, 7) is -0.116. The van der Waals surface area contributed by atoms with Crippen LogP contribution in [0.1, 0.15) is 26.3 Å². The molecule has 0 saturated carbocycles. The number of anilines is 2. The Kier molecular flexibility index (Phi) is 15.2. The maximum absolute atomic E-state index is 15.3. The molecule has 2 aliphatic heterocycles. The van der Waals surface area contributed by atoms with E-state index in [-0.39, 0.29) is 34.2 Å². The van der Waals surface area contributed by atoms with Gasteiger partial charge >= 0.3 is 46.9 Å². The molecule has 0 aliphatic carbocycles. The van der Waals surface area contributed by atoms with E-state index >= 15 is 4.39 Å². The van der Waals surface area contributed by atoms with Crippen LogP contribution in [0.5, 0.6) is 0 Å². The van der Waals surface area contributed by atoms with E-state index in [1.165, 1.54) is 0 Å². The number of aliphatic hydroxyl groups excluding tert-OH is 2. The fourth-order valence-electron chi connectivity index (χ4n) is 5.90. The third-order valence-electron chi connectivity index (χ3n) is 8.51. The summed E-state index contributed by atoms with van der Waals surface area (Å²) in [6.07, 6.45) is -8.20. The van der Waals surface area contributed by atoms with E-state index < -0.39 is 119 Å². The number of halogens is 1. The van der Waals surface area contributed by atoms with Gasteiger partial charge in [-0.15, -0.1) is 0 Å². The van der Waals surface area contributed by atoms with Gasteiger partial charge in [0.05, 0.1) is 25.9 Å². The molecular formula is C22H35FN10O27P6. The second-order valence-electron chi connectivity index (χ2n) is 13.6. The summed E-state index contributed by atoms with van der Waals surface area (Å²) in [4.78, 5) is 115. The molecule has 2 aliphatic rings. The van der Waals surface area contributed by atoms with Crippen molar-refractivity contribution in [2.75, 3.05) is 24.7 Å². The van der Waals surface area contributed by atoms with Crippen molar-refractivity contribution < 1.29 is 122 Å². The Morgan fingerprint density at radius 1 is 0.667 bits per heavy atom. The number of aliphatic hydroxyl groups is 3. The van der Waals surface area contributed by atoms with E-state index in [0.29, 0.717) is 0 Å². The number of ether oxygens (including phenoxy) is 2. The molecule has 0 aromatic carbocycles. The second-order valence-corrected chi connectivity index (χ2v) is 22.5. The highest BCUT2D eigenvalue weighted by Gasteiger charge is 2.57. The summed E-state index contributed by atoms with van der Waals surface area (Å²) in [5.74, 6) is -0.603. The number of nitrogens with one attached hydrogen (secondary N) is 2. The van der Waals surface area contributed by atoms with Crippen molar-refractivity contribution in [1.82, 2.24) is 39.0 Å². The summed E-state index contributed by atoms with van der Waals surface area (Å²) >= 11 is 0. The molecule has 4 aromatic rings. The molecule has 12 atom stereocenters. The van der Waals surface area contributed by atoms with Gasteiger partial charge in [-0.25, -0.2) is 41.7 Å². The van der Waals surface area contributed by atoms with Crippen LogP contribution in [-0.2, 0) is 63.2 Å². The number of nitrogens with two attached hydrogens (primary N) is 2. The van der Waals surface area contributed by atoms with Crippen molar-refractivity contribution in [2.45, 2.75) is 62.0 Å². The third-order valence-corrected chi connectivity index (χ3v) is 16.1. The van der Waals surface area contributed by atoms with Gasteiger partial charge in [-0.2, -0.15) is 27.2 Å². The van der Waals surface area contributed by atoms with Gasteiger partial charge in [0.15, 0.2) is 40.5 Å². The predicted octanol–water partition coefficient (Wildman–Crippen LogP) is -2.91. The van der Waals surface area contributed by atoms with Gasteiger partial charge in [-0.05, 0) is 13.8 Å². The first kappa shape index (κ1) is 53.8. The van der Waals surface area contributed by atoms with Gasteiger partial charge in [-0.3, -0.25) is 37.7 Å². The zero-order valence-electron chi connectivity index (χ0n) is 32.4. The number of imidazole rings is 2. The maximum atomic E-state index is 15.3. The molecule has 372 valence electrons. The minimum Gasteiger partial charge on any atom is -0.387 e. The van der Waals surface area contributed by atoms with E-state index in [2.05, 4.69) is 56.2 Å². The number of hydrogen-bond acceptors (Lipinski definition) is 25. The van der Waals surface area contributed by atoms with Crippen molar-refractivity contribution >= 4 is 81.2 Å². The van der Waals surface area contributed by atoms with E-state index in [9.17, 15) is 62.1 Å². The van der Waals surface area contributed by atoms with Gasteiger partial charge in [0.2, 0.25) is 11.9 Å². The average molecular weight is 1080 g/mol. The van der Waals surface area contributed by atoms with Crippen LogP contribution in [0, 0.1) is 0 Å². The lowest BCUT2D eigenvalue weighted by atomic mass is 9.96. The first-order valence-corrected chi connectivity index (χ1v) is 26.0. The third kappa shape index (κ3) is 12.7. The minimum absolute atomic E-state index is 0.123. The van der Waals surface area contributed by atoms with Gasteiger partial charge in [0.25, 0.3) is 11.1 Å². The van der Waals surface area contributed by atoms with Crippen LogP contribution in [0.2, 0.25) is 0 Å².